The van der Waals surface area contributed by atoms with E-state index in [2.05, 4.69) is 19.2 Å². The maximum Gasteiger partial charge on any atom is 0.253 e. The van der Waals surface area contributed by atoms with Gasteiger partial charge in [0.05, 0.1) is 18.5 Å². The van der Waals surface area contributed by atoms with Crippen LogP contribution in [0.15, 0.2) is 18.2 Å². The minimum atomic E-state index is -0.514. The van der Waals surface area contributed by atoms with Crippen molar-refractivity contribution in [3.8, 4) is 5.75 Å². The van der Waals surface area contributed by atoms with E-state index in [9.17, 15) is 4.79 Å². The summed E-state index contributed by atoms with van der Waals surface area (Å²) >= 11 is 0. The third-order valence-corrected chi connectivity index (χ3v) is 2.95. The molecule has 0 heterocycles. The molecule has 0 bridgehead atoms. The van der Waals surface area contributed by atoms with Crippen LogP contribution in [0.4, 0.5) is 11.4 Å². The molecule has 112 valence electrons. The fourth-order valence-electron chi connectivity index (χ4n) is 1.56. The molecule has 0 saturated heterocycles. The quantitative estimate of drug-likeness (QED) is 0.753. The molecule has 20 heavy (non-hydrogen) atoms. The molecule has 0 aliphatic carbocycles. The average Bonchev–Trinajstić information content (AvgIpc) is 2.40. The van der Waals surface area contributed by atoms with Crippen LogP contribution in [0.2, 0.25) is 0 Å². The van der Waals surface area contributed by atoms with Gasteiger partial charge in [0.25, 0.3) is 5.91 Å². The van der Waals surface area contributed by atoms with Gasteiger partial charge in [-0.05, 0) is 31.4 Å². The van der Waals surface area contributed by atoms with Gasteiger partial charge in [0.1, 0.15) is 11.9 Å². The number of methoxy groups -OCH3 is 1. The Hall–Kier alpha value is -1.75. The van der Waals surface area contributed by atoms with Gasteiger partial charge in [0.15, 0.2) is 0 Å². The Morgan fingerprint density at radius 2 is 2.05 bits per heavy atom. The van der Waals surface area contributed by atoms with E-state index in [1.165, 1.54) is 0 Å². The molecule has 3 N–H and O–H groups in total. The summed E-state index contributed by atoms with van der Waals surface area (Å²) in [6.45, 7) is 6.53. The molecule has 0 spiro atoms. The summed E-state index contributed by atoms with van der Waals surface area (Å²) in [7, 11) is 1.56. The van der Waals surface area contributed by atoms with Gasteiger partial charge in [-0.25, -0.2) is 0 Å². The summed E-state index contributed by atoms with van der Waals surface area (Å²) < 4.78 is 10.6. The van der Waals surface area contributed by atoms with Gasteiger partial charge in [-0.1, -0.05) is 13.8 Å². The number of nitrogens with one attached hydrogen (secondary N) is 1. The highest BCUT2D eigenvalue weighted by Gasteiger charge is 2.15. The Morgan fingerprint density at radius 3 is 2.65 bits per heavy atom. The lowest BCUT2D eigenvalue weighted by molar-refractivity contribution is -0.126. The number of nitrogen functional groups attached to an aromatic ring is 1. The van der Waals surface area contributed by atoms with Gasteiger partial charge < -0.3 is 20.5 Å². The molecule has 1 unspecified atom stereocenters. The Kier molecular flexibility index (Phi) is 6.31. The first kappa shape index (κ1) is 16.3. The number of rotatable bonds is 7. The van der Waals surface area contributed by atoms with Crippen molar-refractivity contribution < 1.29 is 14.3 Å². The number of anilines is 2. The Balaban J connectivity index is 2.56. The second-order valence-electron chi connectivity index (χ2n) is 5.14. The van der Waals surface area contributed by atoms with Crippen LogP contribution in [0.25, 0.3) is 0 Å². The Labute approximate surface area is 120 Å². The van der Waals surface area contributed by atoms with Gasteiger partial charge in [0.2, 0.25) is 0 Å². The van der Waals surface area contributed by atoms with E-state index in [1.807, 2.05) is 0 Å². The van der Waals surface area contributed by atoms with E-state index in [-0.39, 0.29) is 5.91 Å². The zero-order valence-electron chi connectivity index (χ0n) is 12.6. The first-order valence-corrected chi connectivity index (χ1v) is 6.80. The second kappa shape index (κ2) is 7.75. The van der Waals surface area contributed by atoms with Crippen molar-refractivity contribution in [1.82, 2.24) is 0 Å². The predicted molar refractivity (Wildman–Crippen MR) is 80.9 cm³/mol. The SMILES string of the molecule is COc1ccc(N)c(NC(=O)C(C)OCCC(C)C)c1. The third kappa shape index (κ3) is 5.09. The van der Waals surface area contributed by atoms with E-state index in [4.69, 9.17) is 15.2 Å². The number of amides is 1. The summed E-state index contributed by atoms with van der Waals surface area (Å²) in [5.74, 6) is 0.982. The van der Waals surface area contributed by atoms with Crippen molar-refractivity contribution in [1.29, 1.82) is 0 Å². The Bertz CT molecular complexity index is 447. The van der Waals surface area contributed by atoms with Crippen LogP contribution >= 0.6 is 0 Å². The summed E-state index contributed by atoms with van der Waals surface area (Å²) in [6, 6.07) is 5.13. The highest BCUT2D eigenvalue weighted by atomic mass is 16.5. The minimum Gasteiger partial charge on any atom is -0.497 e. The first-order valence-electron chi connectivity index (χ1n) is 6.80. The molecule has 0 saturated carbocycles. The van der Waals surface area contributed by atoms with Crippen molar-refractivity contribution in [2.45, 2.75) is 33.3 Å². The molecule has 1 atom stereocenters. The first-order chi connectivity index (χ1) is 9.43. The molecule has 0 aliphatic rings. The van der Waals surface area contributed by atoms with Crippen molar-refractivity contribution in [2.75, 3.05) is 24.8 Å². The van der Waals surface area contributed by atoms with Gasteiger partial charge in [-0.2, -0.15) is 0 Å². The van der Waals surface area contributed by atoms with Crippen LogP contribution in [0.3, 0.4) is 0 Å². The van der Waals surface area contributed by atoms with Gasteiger partial charge in [-0.3, -0.25) is 4.79 Å². The number of hydrogen-bond donors (Lipinski definition) is 2. The number of carbonyl (C=O) groups excluding carboxylic acids is 1. The van der Waals surface area contributed by atoms with Crippen LogP contribution in [-0.4, -0.2) is 25.7 Å². The van der Waals surface area contributed by atoms with E-state index in [0.717, 1.165) is 6.42 Å². The largest absolute Gasteiger partial charge is 0.497 e. The third-order valence-electron chi connectivity index (χ3n) is 2.95. The van der Waals surface area contributed by atoms with Gasteiger partial charge in [-0.15, -0.1) is 0 Å². The normalized spacial score (nSPS) is 12.2. The lowest BCUT2D eigenvalue weighted by atomic mass is 10.1. The molecule has 1 amide bonds. The summed E-state index contributed by atoms with van der Waals surface area (Å²) in [5.41, 5.74) is 6.85. The predicted octanol–water partition coefficient (Wildman–Crippen LogP) is 2.67. The smallest absolute Gasteiger partial charge is 0.253 e. The lowest BCUT2D eigenvalue weighted by Crippen LogP contribution is -2.28. The lowest BCUT2D eigenvalue weighted by Gasteiger charge is -2.15. The maximum atomic E-state index is 12.0. The molecular weight excluding hydrogens is 256 g/mol. The number of carbonyl (C=O) groups is 1. The highest BCUT2D eigenvalue weighted by Crippen LogP contribution is 2.24. The molecule has 0 aliphatic heterocycles. The molecule has 5 nitrogen and oxygen atoms in total. The standard InChI is InChI=1S/C15H24N2O3/c1-10(2)7-8-20-11(3)15(18)17-14-9-12(19-4)5-6-13(14)16/h5-6,9-11H,7-8,16H2,1-4H3,(H,17,18). The molecule has 1 aromatic carbocycles. The number of hydrogen-bond acceptors (Lipinski definition) is 4. The maximum absolute atomic E-state index is 12.0. The number of nitrogens with two attached hydrogens (primary N) is 1. The number of ether oxygens (including phenoxy) is 2. The molecule has 1 rings (SSSR count). The summed E-state index contributed by atoms with van der Waals surface area (Å²) in [5, 5.41) is 2.75. The highest BCUT2D eigenvalue weighted by molar-refractivity contribution is 5.96. The van der Waals surface area contributed by atoms with Crippen molar-refractivity contribution in [3.05, 3.63) is 18.2 Å². The summed E-state index contributed by atoms with van der Waals surface area (Å²) in [4.78, 5) is 12.0. The zero-order chi connectivity index (χ0) is 15.1. The van der Waals surface area contributed by atoms with Crippen LogP contribution in [-0.2, 0) is 9.53 Å². The van der Waals surface area contributed by atoms with Gasteiger partial charge >= 0.3 is 0 Å². The number of benzene rings is 1. The van der Waals surface area contributed by atoms with E-state index < -0.39 is 6.10 Å². The topological polar surface area (TPSA) is 73.6 Å². The molecule has 0 fully saturated rings. The van der Waals surface area contributed by atoms with E-state index in [0.29, 0.717) is 29.6 Å². The Morgan fingerprint density at radius 1 is 1.35 bits per heavy atom. The summed E-state index contributed by atoms with van der Waals surface area (Å²) in [6.07, 6.45) is 0.415. The van der Waals surface area contributed by atoms with Crippen molar-refractivity contribution >= 4 is 17.3 Å². The average molecular weight is 280 g/mol. The molecule has 0 radical (unpaired) electrons. The molecule has 0 aromatic heterocycles. The van der Waals surface area contributed by atoms with Gasteiger partial charge in [0, 0.05) is 12.7 Å². The zero-order valence-corrected chi connectivity index (χ0v) is 12.6. The van der Waals surface area contributed by atoms with Crippen LogP contribution in [0, 0.1) is 5.92 Å². The molecular formula is C15H24N2O3. The fourth-order valence-corrected chi connectivity index (χ4v) is 1.56. The van der Waals surface area contributed by atoms with E-state index in [1.54, 1.807) is 32.2 Å². The van der Waals surface area contributed by atoms with Crippen LogP contribution in [0.1, 0.15) is 27.2 Å². The molecule has 5 heteroatoms. The monoisotopic (exact) mass is 280 g/mol. The second-order valence-corrected chi connectivity index (χ2v) is 5.14. The molecule has 1 aromatic rings. The van der Waals surface area contributed by atoms with E-state index >= 15 is 0 Å². The minimum absolute atomic E-state index is 0.214. The van der Waals surface area contributed by atoms with Crippen molar-refractivity contribution in [3.63, 3.8) is 0 Å². The van der Waals surface area contributed by atoms with Crippen molar-refractivity contribution in [2.24, 2.45) is 5.92 Å². The van der Waals surface area contributed by atoms with Crippen LogP contribution < -0.4 is 15.8 Å². The van der Waals surface area contributed by atoms with Crippen LogP contribution in [0.5, 0.6) is 5.75 Å². The fraction of sp³-hybridized carbons (Fsp3) is 0.533.